The second kappa shape index (κ2) is 8.03. The summed E-state index contributed by atoms with van der Waals surface area (Å²) in [5, 5.41) is 0. The van der Waals surface area contributed by atoms with E-state index in [2.05, 4.69) is 9.62 Å². The molecule has 0 unspecified atom stereocenters. The van der Waals surface area contributed by atoms with Crippen LogP contribution in [0.15, 0.2) is 52.0 Å². The summed E-state index contributed by atoms with van der Waals surface area (Å²) >= 11 is 0. The molecule has 0 saturated carbocycles. The molecule has 0 radical (unpaired) electrons. The molecule has 1 aliphatic heterocycles. The molecule has 1 aromatic carbocycles. The highest BCUT2D eigenvalue weighted by atomic mass is 32.2. The van der Waals surface area contributed by atoms with Gasteiger partial charge in [-0.05, 0) is 31.0 Å². The summed E-state index contributed by atoms with van der Waals surface area (Å²) in [5.41, 5.74) is 0.430. The second-order valence-corrected chi connectivity index (χ2v) is 7.95. The molecular formula is C18H22N2O5S. The fraction of sp³-hybridized carbons (Fsp3) is 0.389. The first-order valence-electron chi connectivity index (χ1n) is 8.44. The number of nitrogens with one attached hydrogen (secondary N) is 1. The smallest absolute Gasteiger partial charge is 0.341 e. The van der Waals surface area contributed by atoms with Crippen LogP contribution in [0.4, 0.5) is 0 Å². The SMILES string of the molecule is COC(=O)c1ccoc1CN1CCC(NS(=O)(=O)c2ccccc2)CC1. The lowest BCUT2D eigenvalue weighted by Crippen LogP contribution is -2.44. The minimum atomic E-state index is -3.50. The average molecular weight is 378 g/mol. The number of methoxy groups -OCH3 is 1. The van der Waals surface area contributed by atoms with Crippen molar-refractivity contribution in [3.05, 3.63) is 54.0 Å². The Morgan fingerprint density at radius 3 is 2.58 bits per heavy atom. The van der Waals surface area contributed by atoms with Crippen LogP contribution in [0.1, 0.15) is 29.0 Å². The van der Waals surface area contributed by atoms with E-state index < -0.39 is 16.0 Å². The zero-order chi connectivity index (χ0) is 18.6. The summed E-state index contributed by atoms with van der Waals surface area (Å²) < 4.78 is 37.7. The Kier molecular flexibility index (Phi) is 5.75. The molecule has 0 bridgehead atoms. The summed E-state index contributed by atoms with van der Waals surface area (Å²) in [6, 6.07) is 9.87. The molecule has 2 aromatic rings. The number of nitrogens with zero attached hydrogens (tertiary/aromatic N) is 1. The number of ether oxygens (including phenoxy) is 1. The molecule has 1 aliphatic rings. The zero-order valence-electron chi connectivity index (χ0n) is 14.6. The molecule has 140 valence electrons. The van der Waals surface area contributed by atoms with Crippen molar-refractivity contribution < 1.29 is 22.4 Å². The summed E-state index contributed by atoms with van der Waals surface area (Å²) in [6.45, 7) is 1.92. The van der Waals surface area contributed by atoms with Gasteiger partial charge in [0.2, 0.25) is 10.0 Å². The minimum absolute atomic E-state index is 0.104. The Bertz CT molecular complexity index is 839. The Balaban J connectivity index is 1.55. The lowest BCUT2D eigenvalue weighted by atomic mass is 10.1. The topological polar surface area (TPSA) is 88.8 Å². The molecule has 0 atom stereocenters. The van der Waals surface area contributed by atoms with Crippen molar-refractivity contribution in [2.45, 2.75) is 30.3 Å². The number of furan rings is 1. The van der Waals surface area contributed by atoms with Gasteiger partial charge in [-0.15, -0.1) is 0 Å². The van der Waals surface area contributed by atoms with Crippen molar-refractivity contribution in [1.29, 1.82) is 0 Å². The van der Waals surface area contributed by atoms with Crippen molar-refractivity contribution in [3.63, 3.8) is 0 Å². The minimum Gasteiger partial charge on any atom is -0.467 e. The molecule has 7 nitrogen and oxygen atoms in total. The van der Waals surface area contributed by atoms with Crippen LogP contribution < -0.4 is 4.72 Å². The van der Waals surface area contributed by atoms with Gasteiger partial charge in [-0.1, -0.05) is 18.2 Å². The van der Waals surface area contributed by atoms with E-state index in [1.54, 1.807) is 36.4 Å². The first-order valence-corrected chi connectivity index (χ1v) is 9.92. The van der Waals surface area contributed by atoms with E-state index in [-0.39, 0.29) is 10.9 Å². The fourth-order valence-corrected chi connectivity index (χ4v) is 4.38. The van der Waals surface area contributed by atoms with E-state index in [0.717, 1.165) is 0 Å². The van der Waals surface area contributed by atoms with Crippen LogP contribution in [-0.4, -0.2) is 45.5 Å². The fourth-order valence-electron chi connectivity index (χ4n) is 3.05. The van der Waals surface area contributed by atoms with Crippen LogP contribution >= 0.6 is 0 Å². The molecule has 1 saturated heterocycles. The van der Waals surface area contributed by atoms with Gasteiger partial charge in [0.1, 0.15) is 11.3 Å². The van der Waals surface area contributed by atoms with Crippen LogP contribution in [0.5, 0.6) is 0 Å². The summed E-state index contributed by atoms with van der Waals surface area (Å²) in [7, 11) is -2.16. The van der Waals surface area contributed by atoms with Gasteiger partial charge in [-0.25, -0.2) is 17.9 Å². The number of carbonyl (C=O) groups is 1. The number of rotatable bonds is 6. The van der Waals surface area contributed by atoms with Gasteiger partial charge in [0.05, 0.1) is 24.8 Å². The number of esters is 1. The molecular weight excluding hydrogens is 356 g/mol. The van der Waals surface area contributed by atoms with Crippen molar-refractivity contribution in [2.75, 3.05) is 20.2 Å². The maximum Gasteiger partial charge on any atom is 0.341 e. The van der Waals surface area contributed by atoms with Crippen LogP contribution in [0.3, 0.4) is 0 Å². The second-order valence-electron chi connectivity index (χ2n) is 6.23. The maximum atomic E-state index is 12.4. The average Bonchev–Trinajstić information content (AvgIpc) is 3.11. The number of hydrogen-bond acceptors (Lipinski definition) is 6. The van der Waals surface area contributed by atoms with Crippen molar-refractivity contribution in [2.24, 2.45) is 0 Å². The summed E-state index contributed by atoms with van der Waals surface area (Å²) in [4.78, 5) is 14.1. The molecule has 0 amide bonds. The lowest BCUT2D eigenvalue weighted by molar-refractivity contribution is 0.0595. The molecule has 1 N–H and O–H groups in total. The van der Waals surface area contributed by atoms with Gasteiger partial charge in [-0.3, -0.25) is 4.90 Å². The zero-order valence-corrected chi connectivity index (χ0v) is 15.4. The number of hydrogen-bond donors (Lipinski definition) is 1. The molecule has 26 heavy (non-hydrogen) atoms. The van der Waals surface area contributed by atoms with Crippen molar-refractivity contribution >= 4 is 16.0 Å². The first-order chi connectivity index (χ1) is 12.5. The third kappa shape index (κ3) is 4.32. The van der Waals surface area contributed by atoms with Crippen LogP contribution in [0.2, 0.25) is 0 Å². The molecule has 3 rings (SSSR count). The Morgan fingerprint density at radius 2 is 1.92 bits per heavy atom. The Morgan fingerprint density at radius 1 is 1.23 bits per heavy atom. The van der Waals surface area contributed by atoms with Gasteiger partial charge < -0.3 is 9.15 Å². The van der Waals surface area contributed by atoms with E-state index in [0.29, 0.717) is 43.8 Å². The number of carbonyl (C=O) groups excluding carboxylic acids is 1. The normalized spacial score (nSPS) is 16.5. The highest BCUT2D eigenvalue weighted by Gasteiger charge is 2.26. The number of likely N-dealkylation sites (tertiary alicyclic amines) is 1. The van der Waals surface area contributed by atoms with Gasteiger partial charge in [0.25, 0.3) is 0 Å². The predicted molar refractivity (Wildman–Crippen MR) is 95.1 cm³/mol. The van der Waals surface area contributed by atoms with Crippen LogP contribution in [0, 0.1) is 0 Å². The quantitative estimate of drug-likeness (QED) is 0.774. The molecule has 0 spiro atoms. The highest BCUT2D eigenvalue weighted by Crippen LogP contribution is 2.19. The largest absolute Gasteiger partial charge is 0.467 e. The third-order valence-electron chi connectivity index (χ3n) is 4.48. The summed E-state index contributed by atoms with van der Waals surface area (Å²) in [5.74, 6) is 0.152. The van der Waals surface area contributed by atoms with E-state index in [9.17, 15) is 13.2 Å². The maximum absolute atomic E-state index is 12.4. The number of sulfonamides is 1. The molecule has 0 aliphatic carbocycles. The van der Waals surface area contributed by atoms with E-state index in [1.165, 1.54) is 13.4 Å². The number of piperidine rings is 1. The van der Waals surface area contributed by atoms with E-state index >= 15 is 0 Å². The van der Waals surface area contributed by atoms with Gasteiger partial charge >= 0.3 is 5.97 Å². The monoisotopic (exact) mass is 378 g/mol. The molecule has 1 fully saturated rings. The third-order valence-corrected chi connectivity index (χ3v) is 6.02. The molecule has 2 heterocycles. The first kappa shape index (κ1) is 18.6. The van der Waals surface area contributed by atoms with E-state index in [4.69, 9.17) is 9.15 Å². The standard InChI is InChI=1S/C18H22N2O5S/c1-24-18(21)16-9-12-25-17(16)13-20-10-7-14(8-11-20)19-26(22,23)15-5-3-2-4-6-15/h2-6,9,12,14,19H,7-8,10-11,13H2,1H3. The predicted octanol–water partition coefficient (Wildman–Crippen LogP) is 2.01. The number of benzene rings is 1. The molecule has 8 heteroatoms. The molecule has 1 aromatic heterocycles. The van der Waals surface area contributed by atoms with Crippen molar-refractivity contribution in [1.82, 2.24) is 9.62 Å². The summed E-state index contributed by atoms with van der Waals surface area (Å²) in [6.07, 6.45) is 2.86. The van der Waals surface area contributed by atoms with Crippen LogP contribution in [0.25, 0.3) is 0 Å². The van der Waals surface area contributed by atoms with Gasteiger partial charge in [-0.2, -0.15) is 0 Å². The van der Waals surface area contributed by atoms with Crippen molar-refractivity contribution in [3.8, 4) is 0 Å². The highest BCUT2D eigenvalue weighted by molar-refractivity contribution is 7.89. The Hall–Kier alpha value is -2.16. The van der Waals surface area contributed by atoms with Gasteiger partial charge in [0.15, 0.2) is 0 Å². The van der Waals surface area contributed by atoms with Crippen LogP contribution in [-0.2, 0) is 21.3 Å². The van der Waals surface area contributed by atoms with E-state index in [1.807, 2.05) is 0 Å². The Labute approximate surface area is 153 Å². The van der Waals surface area contributed by atoms with Gasteiger partial charge in [0, 0.05) is 19.1 Å². The lowest BCUT2D eigenvalue weighted by Gasteiger charge is -2.31.